The third-order valence-electron chi connectivity index (χ3n) is 1.71. The van der Waals surface area contributed by atoms with Crippen molar-refractivity contribution < 1.29 is 19.6 Å². The Morgan fingerprint density at radius 3 is 2.40 bits per heavy atom. The molecule has 0 aliphatic carbocycles. The largest absolute Gasteiger partial charge is 0.477 e. The number of amides is 1. The smallest absolute Gasteiger partial charge is 0.342 e. The Bertz CT molecular complexity index is 454. The van der Waals surface area contributed by atoms with E-state index >= 15 is 0 Å². The molecule has 78 valence electrons. The Balaban J connectivity index is 3.40. The zero-order valence-corrected chi connectivity index (χ0v) is 7.34. The highest BCUT2D eigenvalue weighted by atomic mass is 16.6. The molecule has 7 heteroatoms. The van der Waals surface area contributed by atoms with E-state index in [1.165, 1.54) is 0 Å². The molecule has 1 rings (SSSR count). The molecule has 0 heterocycles. The van der Waals surface area contributed by atoms with Crippen molar-refractivity contribution in [2.45, 2.75) is 0 Å². The van der Waals surface area contributed by atoms with Gasteiger partial charge in [0.2, 0.25) is 5.91 Å². The number of nitrogens with zero attached hydrogens (tertiary/aromatic N) is 1. The third-order valence-corrected chi connectivity index (χ3v) is 1.71. The maximum absolute atomic E-state index is 10.7. The number of carboxylic acid groups (broad SMARTS) is 1. The summed E-state index contributed by atoms with van der Waals surface area (Å²) in [6.07, 6.45) is 0. The summed E-state index contributed by atoms with van der Waals surface area (Å²) in [7, 11) is 0. The monoisotopic (exact) mass is 210 g/mol. The number of hydrogen-bond donors (Lipinski definition) is 2. The van der Waals surface area contributed by atoms with Crippen molar-refractivity contribution in [2.24, 2.45) is 5.73 Å². The number of carboxylic acids is 1. The molecule has 0 radical (unpaired) electrons. The van der Waals surface area contributed by atoms with Crippen LogP contribution < -0.4 is 5.73 Å². The van der Waals surface area contributed by atoms with Crippen LogP contribution in [-0.4, -0.2) is 21.9 Å². The number of primary amides is 1. The van der Waals surface area contributed by atoms with Gasteiger partial charge in [-0.1, -0.05) is 0 Å². The summed E-state index contributed by atoms with van der Waals surface area (Å²) in [5.74, 6) is -2.28. The molecule has 3 N–H and O–H groups in total. The normalized spacial score (nSPS) is 9.60. The number of nitrogens with two attached hydrogens (primary N) is 1. The van der Waals surface area contributed by atoms with Crippen LogP contribution in [0.5, 0.6) is 0 Å². The quantitative estimate of drug-likeness (QED) is 0.551. The highest BCUT2D eigenvalue weighted by Crippen LogP contribution is 2.20. The van der Waals surface area contributed by atoms with Gasteiger partial charge in [-0.3, -0.25) is 14.9 Å². The van der Waals surface area contributed by atoms with Gasteiger partial charge in [0.1, 0.15) is 5.56 Å². The summed E-state index contributed by atoms with van der Waals surface area (Å²) in [4.78, 5) is 30.9. The minimum Gasteiger partial charge on any atom is -0.477 e. The van der Waals surface area contributed by atoms with Crippen molar-refractivity contribution in [1.29, 1.82) is 0 Å². The maximum atomic E-state index is 10.7. The van der Waals surface area contributed by atoms with Gasteiger partial charge in [-0.25, -0.2) is 4.79 Å². The van der Waals surface area contributed by atoms with Crippen molar-refractivity contribution in [3.05, 3.63) is 39.4 Å². The first-order valence-corrected chi connectivity index (χ1v) is 3.75. The van der Waals surface area contributed by atoms with E-state index in [1.54, 1.807) is 0 Å². The van der Waals surface area contributed by atoms with Crippen LogP contribution in [0.25, 0.3) is 0 Å². The van der Waals surface area contributed by atoms with E-state index in [0.29, 0.717) is 0 Å². The Labute approximate surface area is 83.3 Å². The van der Waals surface area contributed by atoms with Crippen LogP contribution in [0.3, 0.4) is 0 Å². The van der Waals surface area contributed by atoms with Gasteiger partial charge in [0.05, 0.1) is 4.92 Å². The predicted molar refractivity (Wildman–Crippen MR) is 48.6 cm³/mol. The van der Waals surface area contributed by atoms with Crippen LogP contribution >= 0.6 is 0 Å². The van der Waals surface area contributed by atoms with E-state index in [2.05, 4.69) is 0 Å². The number of carbonyl (C=O) groups is 2. The van der Waals surface area contributed by atoms with Gasteiger partial charge in [-0.2, -0.15) is 0 Å². The zero-order valence-electron chi connectivity index (χ0n) is 7.34. The lowest BCUT2D eigenvalue weighted by Gasteiger charge is -1.99. The Morgan fingerprint density at radius 1 is 1.40 bits per heavy atom. The molecular formula is C8H6N2O5. The highest BCUT2D eigenvalue weighted by molar-refractivity contribution is 5.97. The molecule has 0 bridgehead atoms. The van der Waals surface area contributed by atoms with Crippen LogP contribution in [0.2, 0.25) is 0 Å². The van der Waals surface area contributed by atoms with E-state index < -0.39 is 28.1 Å². The van der Waals surface area contributed by atoms with Crippen molar-refractivity contribution in [1.82, 2.24) is 0 Å². The molecule has 0 saturated carbocycles. The lowest BCUT2D eigenvalue weighted by molar-refractivity contribution is -0.385. The molecule has 0 saturated heterocycles. The molecule has 0 unspecified atom stereocenters. The average Bonchev–Trinajstić information content (AvgIpc) is 2.16. The van der Waals surface area contributed by atoms with Gasteiger partial charge in [0, 0.05) is 11.6 Å². The van der Waals surface area contributed by atoms with Crippen LogP contribution in [0.1, 0.15) is 20.7 Å². The van der Waals surface area contributed by atoms with E-state index in [0.717, 1.165) is 18.2 Å². The van der Waals surface area contributed by atoms with E-state index in [4.69, 9.17) is 10.8 Å². The van der Waals surface area contributed by atoms with Gasteiger partial charge >= 0.3 is 5.97 Å². The van der Waals surface area contributed by atoms with Crippen molar-refractivity contribution >= 4 is 17.6 Å². The van der Waals surface area contributed by atoms with Crippen molar-refractivity contribution in [2.75, 3.05) is 0 Å². The Hall–Kier alpha value is -2.44. The topological polar surface area (TPSA) is 124 Å². The molecule has 15 heavy (non-hydrogen) atoms. The molecule has 0 aliphatic heterocycles. The summed E-state index contributed by atoms with van der Waals surface area (Å²) in [6.45, 7) is 0. The first-order chi connectivity index (χ1) is 6.93. The van der Waals surface area contributed by atoms with E-state index in [-0.39, 0.29) is 5.56 Å². The standard InChI is InChI=1S/C8H6N2O5/c9-7(11)4-1-2-5(8(12)13)6(3-4)10(14)15/h1-3H,(H2,9,11)(H,12,13). The number of hydrogen-bond acceptors (Lipinski definition) is 4. The molecule has 1 aromatic rings. The Morgan fingerprint density at radius 2 is 2.00 bits per heavy atom. The lowest BCUT2D eigenvalue weighted by atomic mass is 10.1. The van der Waals surface area contributed by atoms with Crippen molar-refractivity contribution in [3.8, 4) is 0 Å². The maximum Gasteiger partial charge on any atom is 0.342 e. The molecular weight excluding hydrogens is 204 g/mol. The fourth-order valence-corrected chi connectivity index (χ4v) is 1.02. The van der Waals surface area contributed by atoms with Crippen LogP contribution in [0.15, 0.2) is 18.2 Å². The number of benzene rings is 1. The molecule has 1 aromatic carbocycles. The lowest BCUT2D eigenvalue weighted by Crippen LogP contribution is -2.12. The number of nitro benzene ring substituents is 1. The Kier molecular flexibility index (Phi) is 2.65. The average molecular weight is 210 g/mol. The molecule has 1 amide bonds. The zero-order chi connectivity index (χ0) is 11.6. The number of nitro groups is 1. The molecule has 0 aromatic heterocycles. The highest BCUT2D eigenvalue weighted by Gasteiger charge is 2.20. The van der Waals surface area contributed by atoms with E-state index in [9.17, 15) is 19.7 Å². The van der Waals surface area contributed by atoms with E-state index in [1.807, 2.05) is 0 Å². The summed E-state index contributed by atoms with van der Waals surface area (Å²) in [5.41, 5.74) is 3.66. The second kappa shape index (κ2) is 3.74. The van der Waals surface area contributed by atoms with Crippen LogP contribution in [-0.2, 0) is 0 Å². The third kappa shape index (κ3) is 2.08. The molecule has 7 nitrogen and oxygen atoms in total. The first-order valence-electron chi connectivity index (χ1n) is 3.75. The SMILES string of the molecule is NC(=O)c1ccc(C(=O)O)c([N+](=O)[O-])c1. The minimum atomic E-state index is -1.43. The van der Waals surface area contributed by atoms with Crippen LogP contribution in [0.4, 0.5) is 5.69 Å². The number of carbonyl (C=O) groups excluding carboxylic acids is 1. The van der Waals surface area contributed by atoms with Crippen molar-refractivity contribution in [3.63, 3.8) is 0 Å². The predicted octanol–water partition coefficient (Wildman–Crippen LogP) is 0.392. The minimum absolute atomic E-state index is 0.105. The molecule has 0 fully saturated rings. The summed E-state index contributed by atoms with van der Waals surface area (Å²) in [5, 5.41) is 19.1. The fraction of sp³-hybridized carbons (Fsp3) is 0. The van der Waals surface area contributed by atoms with Gasteiger partial charge in [0.25, 0.3) is 5.69 Å². The second-order valence-corrected chi connectivity index (χ2v) is 2.66. The second-order valence-electron chi connectivity index (χ2n) is 2.66. The van der Waals surface area contributed by atoms with Gasteiger partial charge in [0.15, 0.2) is 0 Å². The van der Waals surface area contributed by atoms with Crippen LogP contribution in [0, 0.1) is 10.1 Å². The van der Waals surface area contributed by atoms with Gasteiger partial charge in [-0.05, 0) is 12.1 Å². The molecule has 0 spiro atoms. The van der Waals surface area contributed by atoms with Gasteiger partial charge < -0.3 is 10.8 Å². The molecule has 0 atom stereocenters. The summed E-state index contributed by atoms with van der Waals surface area (Å²) < 4.78 is 0. The molecule has 0 aliphatic rings. The number of rotatable bonds is 3. The van der Waals surface area contributed by atoms with Gasteiger partial charge in [-0.15, -0.1) is 0 Å². The first kappa shape index (κ1) is 10.6. The number of aromatic carboxylic acids is 1. The summed E-state index contributed by atoms with van der Waals surface area (Å²) in [6, 6.07) is 2.94. The fourth-order valence-electron chi connectivity index (χ4n) is 1.02. The summed E-state index contributed by atoms with van der Waals surface area (Å²) >= 11 is 0.